The van der Waals surface area contributed by atoms with Crippen molar-refractivity contribution in [3.05, 3.63) is 34.3 Å². The van der Waals surface area contributed by atoms with E-state index in [1.165, 1.54) is 12.8 Å². The SMILES string of the molecule is CCCCSCSc1nc(-c2nccs2)cc(-c2nc(C)cs2)c1C#N. The van der Waals surface area contributed by atoms with E-state index in [1.807, 2.05) is 35.5 Å². The highest BCUT2D eigenvalue weighted by Gasteiger charge is 2.18. The van der Waals surface area contributed by atoms with Crippen LogP contribution in [0.15, 0.2) is 28.0 Å². The van der Waals surface area contributed by atoms with E-state index >= 15 is 0 Å². The number of rotatable bonds is 8. The summed E-state index contributed by atoms with van der Waals surface area (Å²) in [5.41, 5.74) is 3.24. The first kappa shape index (κ1) is 19.4. The Balaban J connectivity index is 1.98. The maximum Gasteiger partial charge on any atom is 0.141 e. The molecular formula is C18H18N4S4. The summed E-state index contributed by atoms with van der Waals surface area (Å²) in [6.07, 6.45) is 4.19. The lowest BCUT2D eigenvalue weighted by Crippen LogP contribution is -1.96. The van der Waals surface area contributed by atoms with Gasteiger partial charge in [-0.2, -0.15) is 17.0 Å². The predicted molar refractivity (Wildman–Crippen MR) is 114 cm³/mol. The molecule has 134 valence electrons. The molecule has 0 radical (unpaired) electrons. The molecule has 0 aliphatic rings. The summed E-state index contributed by atoms with van der Waals surface area (Å²) in [6.45, 7) is 4.16. The van der Waals surface area contributed by atoms with Crippen LogP contribution in [0.5, 0.6) is 0 Å². The number of nitrogens with zero attached hydrogens (tertiary/aromatic N) is 4. The van der Waals surface area contributed by atoms with E-state index in [0.29, 0.717) is 5.56 Å². The summed E-state index contributed by atoms with van der Waals surface area (Å²) in [6, 6.07) is 4.30. The van der Waals surface area contributed by atoms with E-state index in [0.717, 1.165) is 42.8 Å². The quantitative estimate of drug-likeness (QED) is 0.250. The van der Waals surface area contributed by atoms with Crippen molar-refractivity contribution in [2.45, 2.75) is 31.7 Å². The second kappa shape index (κ2) is 9.51. The summed E-state index contributed by atoms with van der Waals surface area (Å²) in [5, 5.41) is 17.1. The summed E-state index contributed by atoms with van der Waals surface area (Å²) >= 11 is 6.64. The van der Waals surface area contributed by atoms with E-state index in [1.54, 1.807) is 40.6 Å². The molecule has 3 rings (SSSR count). The molecule has 8 heteroatoms. The van der Waals surface area contributed by atoms with Crippen molar-refractivity contribution in [3.63, 3.8) is 0 Å². The van der Waals surface area contributed by atoms with Gasteiger partial charge in [0.1, 0.15) is 26.8 Å². The number of pyridine rings is 1. The van der Waals surface area contributed by atoms with Gasteiger partial charge in [0.05, 0.1) is 5.56 Å². The lowest BCUT2D eigenvalue weighted by Gasteiger charge is -2.09. The minimum absolute atomic E-state index is 0.612. The Morgan fingerprint density at radius 3 is 2.77 bits per heavy atom. The van der Waals surface area contributed by atoms with Crippen LogP contribution in [0, 0.1) is 18.3 Å². The van der Waals surface area contributed by atoms with Crippen LogP contribution in [0.3, 0.4) is 0 Å². The van der Waals surface area contributed by atoms with Gasteiger partial charge in [0, 0.05) is 33.3 Å². The summed E-state index contributed by atoms with van der Waals surface area (Å²) < 4.78 is 0. The zero-order valence-electron chi connectivity index (χ0n) is 14.6. The first-order valence-electron chi connectivity index (χ1n) is 8.21. The van der Waals surface area contributed by atoms with E-state index in [4.69, 9.17) is 4.98 Å². The van der Waals surface area contributed by atoms with Crippen molar-refractivity contribution in [2.24, 2.45) is 0 Å². The number of nitriles is 1. The van der Waals surface area contributed by atoms with Crippen LogP contribution in [0.25, 0.3) is 21.3 Å². The number of aromatic nitrogens is 3. The van der Waals surface area contributed by atoms with Crippen LogP contribution >= 0.6 is 46.2 Å². The van der Waals surface area contributed by atoms with Gasteiger partial charge < -0.3 is 0 Å². The standard InChI is InChI=1S/C18H18N4S4/c1-3-4-6-23-11-26-17-14(9-19)13(16-21-12(2)10-25-16)8-15(22-17)18-20-5-7-24-18/h5,7-8,10H,3-4,6,11H2,1-2H3. The van der Waals surface area contributed by atoms with Crippen molar-refractivity contribution in [1.82, 2.24) is 15.0 Å². The van der Waals surface area contributed by atoms with Crippen molar-refractivity contribution < 1.29 is 0 Å². The van der Waals surface area contributed by atoms with Gasteiger partial charge in [-0.25, -0.2) is 15.0 Å². The third-order valence-electron chi connectivity index (χ3n) is 3.52. The fourth-order valence-electron chi connectivity index (χ4n) is 2.24. The number of unbranched alkanes of at least 4 members (excludes halogenated alkanes) is 1. The molecule has 26 heavy (non-hydrogen) atoms. The van der Waals surface area contributed by atoms with Gasteiger partial charge in [-0.15, -0.1) is 22.7 Å². The molecule has 0 fully saturated rings. The van der Waals surface area contributed by atoms with Gasteiger partial charge in [0.2, 0.25) is 0 Å². The highest BCUT2D eigenvalue weighted by molar-refractivity contribution is 8.16. The molecule has 0 amide bonds. The Bertz CT molecular complexity index is 897. The second-order valence-corrected chi connectivity index (χ2v) is 9.69. The molecule has 0 saturated carbocycles. The zero-order valence-corrected chi connectivity index (χ0v) is 17.8. The monoisotopic (exact) mass is 418 g/mol. The molecule has 3 heterocycles. The molecule has 0 bridgehead atoms. The van der Waals surface area contributed by atoms with Gasteiger partial charge in [-0.05, 0) is 25.2 Å². The normalized spacial score (nSPS) is 10.8. The Hall–Kier alpha value is -1.40. The number of aryl methyl sites for hydroxylation is 1. The van der Waals surface area contributed by atoms with Gasteiger partial charge >= 0.3 is 0 Å². The fourth-order valence-corrected chi connectivity index (χ4v) is 5.87. The van der Waals surface area contributed by atoms with Crippen molar-refractivity contribution >= 4 is 46.2 Å². The maximum atomic E-state index is 9.78. The van der Waals surface area contributed by atoms with Gasteiger partial charge in [-0.1, -0.05) is 25.1 Å². The molecule has 4 nitrogen and oxygen atoms in total. The molecule has 3 aromatic rings. The summed E-state index contributed by atoms with van der Waals surface area (Å²) in [7, 11) is 0. The minimum Gasteiger partial charge on any atom is -0.243 e. The highest BCUT2D eigenvalue weighted by Crippen LogP contribution is 2.36. The third kappa shape index (κ3) is 4.65. The lowest BCUT2D eigenvalue weighted by molar-refractivity contribution is 0.897. The Morgan fingerprint density at radius 2 is 2.12 bits per heavy atom. The Kier molecular flexibility index (Phi) is 7.08. The van der Waals surface area contributed by atoms with Gasteiger partial charge in [0.15, 0.2) is 0 Å². The number of thiazole rings is 2. The van der Waals surface area contributed by atoms with Crippen LogP contribution < -0.4 is 0 Å². The molecule has 0 unspecified atom stereocenters. The third-order valence-corrected chi connectivity index (χ3v) is 7.59. The van der Waals surface area contributed by atoms with Crippen LogP contribution in [0.1, 0.15) is 31.0 Å². The molecule has 0 saturated heterocycles. The molecule has 0 N–H and O–H groups in total. The van der Waals surface area contributed by atoms with Crippen molar-refractivity contribution in [1.29, 1.82) is 5.26 Å². The van der Waals surface area contributed by atoms with Crippen LogP contribution in [-0.2, 0) is 0 Å². The van der Waals surface area contributed by atoms with Crippen molar-refractivity contribution in [3.8, 4) is 27.3 Å². The average Bonchev–Trinajstić information content (AvgIpc) is 3.32. The van der Waals surface area contributed by atoms with E-state index in [-0.39, 0.29) is 0 Å². The highest BCUT2D eigenvalue weighted by atomic mass is 32.2. The van der Waals surface area contributed by atoms with E-state index in [2.05, 4.69) is 23.0 Å². The summed E-state index contributed by atoms with van der Waals surface area (Å²) in [4.78, 5) is 13.7. The van der Waals surface area contributed by atoms with Crippen LogP contribution in [0.2, 0.25) is 0 Å². The smallest absolute Gasteiger partial charge is 0.141 e. The molecule has 0 aliphatic carbocycles. The fraction of sp³-hybridized carbons (Fsp3) is 0.333. The Labute approximate surface area is 170 Å². The molecule has 0 aromatic carbocycles. The minimum atomic E-state index is 0.612. The van der Waals surface area contributed by atoms with Crippen LogP contribution in [-0.4, -0.2) is 25.8 Å². The van der Waals surface area contributed by atoms with Crippen molar-refractivity contribution in [2.75, 3.05) is 10.8 Å². The lowest BCUT2D eigenvalue weighted by atomic mass is 10.1. The number of hydrogen-bond donors (Lipinski definition) is 0. The Morgan fingerprint density at radius 1 is 1.23 bits per heavy atom. The largest absolute Gasteiger partial charge is 0.243 e. The van der Waals surface area contributed by atoms with Gasteiger partial charge in [0.25, 0.3) is 0 Å². The number of thioether (sulfide) groups is 2. The van der Waals surface area contributed by atoms with E-state index in [9.17, 15) is 5.26 Å². The number of hydrogen-bond acceptors (Lipinski definition) is 8. The topological polar surface area (TPSA) is 62.5 Å². The molecular weight excluding hydrogens is 400 g/mol. The molecule has 0 aliphatic heterocycles. The first-order valence-corrected chi connectivity index (χ1v) is 12.1. The predicted octanol–water partition coefficient (Wildman–Crippen LogP) is 6.09. The van der Waals surface area contributed by atoms with Crippen LogP contribution in [0.4, 0.5) is 0 Å². The molecule has 0 spiro atoms. The summed E-state index contributed by atoms with van der Waals surface area (Å²) in [5.74, 6) is 1.14. The van der Waals surface area contributed by atoms with E-state index < -0.39 is 0 Å². The second-order valence-electron chi connectivity index (χ2n) is 5.50. The van der Waals surface area contributed by atoms with Gasteiger partial charge in [-0.3, -0.25) is 0 Å². The molecule has 0 atom stereocenters. The zero-order chi connectivity index (χ0) is 18.4. The average molecular weight is 419 g/mol. The molecule has 3 aromatic heterocycles. The maximum absolute atomic E-state index is 9.78. The first-order chi connectivity index (χ1) is 12.7.